The predicted molar refractivity (Wildman–Crippen MR) is 122 cm³/mol. The van der Waals surface area contributed by atoms with Crippen LogP contribution in [0.2, 0.25) is 0 Å². The third-order valence-corrected chi connectivity index (χ3v) is 6.07. The first-order chi connectivity index (χ1) is 16.1. The Labute approximate surface area is 195 Å². The molecule has 180 valence electrons. The molecule has 3 aromatic rings. The number of aryl methyl sites for hydroxylation is 1. The maximum absolute atomic E-state index is 12.6. The molecule has 0 amide bonds. The quantitative estimate of drug-likeness (QED) is 0.412. The van der Waals surface area contributed by atoms with Gasteiger partial charge in [-0.05, 0) is 51.1 Å². The first kappa shape index (κ1) is 24.0. The number of hydrogen-bond donors (Lipinski definition) is 2. The Balaban J connectivity index is 1.60. The van der Waals surface area contributed by atoms with Gasteiger partial charge >= 0.3 is 5.63 Å². The molecular weight excluding hydrogens is 442 g/mol. The van der Waals surface area contributed by atoms with Crippen LogP contribution < -0.4 is 10.4 Å². The van der Waals surface area contributed by atoms with E-state index in [1.54, 1.807) is 51.1 Å². The maximum atomic E-state index is 12.6. The van der Waals surface area contributed by atoms with Crippen LogP contribution in [0.4, 0.5) is 0 Å². The highest BCUT2D eigenvalue weighted by Gasteiger charge is 2.50. The van der Waals surface area contributed by atoms with E-state index in [0.717, 1.165) is 0 Å². The van der Waals surface area contributed by atoms with Gasteiger partial charge in [0.1, 0.15) is 29.6 Å². The number of rotatable bonds is 6. The predicted octanol–water partition coefficient (Wildman–Crippen LogP) is 2.17. The van der Waals surface area contributed by atoms with Crippen molar-refractivity contribution in [2.75, 3.05) is 7.11 Å². The minimum absolute atomic E-state index is 0.102. The van der Waals surface area contributed by atoms with Crippen LogP contribution in [0.5, 0.6) is 5.75 Å². The number of benzene rings is 1. The summed E-state index contributed by atoms with van der Waals surface area (Å²) < 4.78 is 22.6. The molecule has 3 heterocycles. The number of ether oxygens (including phenoxy) is 3. The second-order valence-electron chi connectivity index (χ2n) is 8.85. The topological polar surface area (TPSA) is 128 Å². The summed E-state index contributed by atoms with van der Waals surface area (Å²) >= 11 is 0. The average Bonchev–Trinajstić information content (AvgIpc) is 2.80. The second-order valence-corrected chi connectivity index (χ2v) is 8.85. The zero-order valence-corrected chi connectivity index (χ0v) is 19.3. The zero-order chi connectivity index (χ0) is 24.6. The zero-order valence-electron chi connectivity index (χ0n) is 19.3. The van der Waals surface area contributed by atoms with Gasteiger partial charge in [0.25, 0.3) is 0 Å². The molecule has 1 aromatic carbocycles. The number of aliphatic hydroxyl groups excluding tert-OH is 2. The number of pyridine rings is 1. The summed E-state index contributed by atoms with van der Waals surface area (Å²) in [5.74, 6) is 0.101. The molecule has 2 aromatic heterocycles. The number of Topliss-reactive ketones (excluding diaryl/α,β-unsaturated/α-hetero) is 1. The van der Waals surface area contributed by atoms with E-state index in [9.17, 15) is 19.8 Å². The van der Waals surface area contributed by atoms with Crippen molar-refractivity contribution in [3.8, 4) is 5.75 Å². The fourth-order valence-electron chi connectivity index (χ4n) is 4.24. The van der Waals surface area contributed by atoms with Gasteiger partial charge < -0.3 is 28.8 Å². The summed E-state index contributed by atoms with van der Waals surface area (Å²) in [7, 11) is 1.43. The van der Waals surface area contributed by atoms with Gasteiger partial charge in [0.2, 0.25) is 6.29 Å². The summed E-state index contributed by atoms with van der Waals surface area (Å²) in [4.78, 5) is 29.0. The molecule has 0 spiro atoms. The molecule has 34 heavy (non-hydrogen) atoms. The first-order valence-electron chi connectivity index (χ1n) is 10.9. The summed E-state index contributed by atoms with van der Waals surface area (Å²) in [5.41, 5.74) is -0.0409. The lowest BCUT2D eigenvalue weighted by Gasteiger charge is -2.46. The largest absolute Gasteiger partial charge is 0.462 e. The number of hydrogen-bond acceptors (Lipinski definition) is 9. The summed E-state index contributed by atoms with van der Waals surface area (Å²) in [5, 5.41) is 21.6. The SMILES string of the molecule is CO[C@@H]1[C@@H](O)[C@@H](O)[C@H](Oc2ccc3cc(CC(=O)c4ccncc4)c(=O)oc3c2C)OC1(C)C. The molecule has 2 N–H and O–H groups in total. The summed E-state index contributed by atoms with van der Waals surface area (Å²) in [6.07, 6.45) is -1.56. The van der Waals surface area contributed by atoms with Crippen molar-refractivity contribution >= 4 is 16.8 Å². The van der Waals surface area contributed by atoms with Gasteiger partial charge in [0.05, 0.1) is 5.60 Å². The van der Waals surface area contributed by atoms with Crippen LogP contribution in [0.15, 0.2) is 51.9 Å². The van der Waals surface area contributed by atoms with Crippen molar-refractivity contribution in [1.82, 2.24) is 4.98 Å². The number of carbonyl (C=O) groups is 1. The Morgan fingerprint density at radius 3 is 2.53 bits per heavy atom. The van der Waals surface area contributed by atoms with Gasteiger partial charge in [-0.15, -0.1) is 0 Å². The van der Waals surface area contributed by atoms with Crippen molar-refractivity contribution in [3.63, 3.8) is 0 Å². The van der Waals surface area contributed by atoms with Gasteiger partial charge in [-0.25, -0.2) is 4.79 Å². The van der Waals surface area contributed by atoms with Gasteiger partial charge in [0.15, 0.2) is 5.78 Å². The third-order valence-electron chi connectivity index (χ3n) is 6.07. The van der Waals surface area contributed by atoms with Crippen LogP contribution in [-0.2, 0) is 15.9 Å². The summed E-state index contributed by atoms with van der Waals surface area (Å²) in [6, 6.07) is 8.15. The number of aliphatic hydroxyl groups is 2. The molecular formula is C25H27NO8. The number of methoxy groups -OCH3 is 1. The normalized spacial score (nSPS) is 24.2. The maximum Gasteiger partial charge on any atom is 0.339 e. The molecule has 9 heteroatoms. The van der Waals surface area contributed by atoms with E-state index >= 15 is 0 Å². The lowest BCUT2D eigenvalue weighted by Crippen LogP contribution is -2.63. The summed E-state index contributed by atoms with van der Waals surface area (Å²) in [6.45, 7) is 5.17. The van der Waals surface area contributed by atoms with Gasteiger partial charge in [-0.3, -0.25) is 9.78 Å². The highest BCUT2D eigenvalue weighted by molar-refractivity contribution is 5.97. The Bertz CT molecular complexity index is 1250. The van der Waals surface area contributed by atoms with E-state index in [1.165, 1.54) is 19.5 Å². The van der Waals surface area contributed by atoms with Crippen molar-refractivity contribution in [2.45, 2.75) is 57.4 Å². The van der Waals surface area contributed by atoms with Crippen molar-refractivity contribution in [1.29, 1.82) is 0 Å². The standard InChI is InChI=1S/C25H27NO8/c1-13-18(32-24-20(29)19(28)22(31-4)25(2,3)34-24)6-5-15-11-16(23(30)33-21(13)15)12-17(27)14-7-9-26-10-8-14/h5-11,19-20,22,24,28-29H,12H2,1-4H3/t19-,20+,22+,24+/m0/s1. The van der Waals surface area contributed by atoms with Gasteiger partial charge in [-0.2, -0.15) is 0 Å². The van der Waals surface area contributed by atoms with Crippen molar-refractivity contribution in [3.05, 3.63) is 69.8 Å². The molecule has 9 nitrogen and oxygen atoms in total. The third kappa shape index (κ3) is 4.47. The van der Waals surface area contributed by atoms with Gasteiger partial charge in [0, 0.05) is 48.0 Å². The Hall–Kier alpha value is -3.11. The smallest absolute Gasteiger partial charge is 0.339 e. The minimum atomic E-state index is -1.36. The van der Waals surface area contributed by atoms with E-state index in [2.05, 4.69) is 4.98 Å². The van der Waals surface area contributed by atoms with Crippen molar-refractivity contribution < 1.29 is 33.6 Å². The molecule has 4 rings (SSSR count). The average molecular weight is 469 g/mol. The van der Waals surface area contributed by atoms with Crippen LogP contribution in [0, 0.1) is 6.92 Å². The number of nitrogens with zero attached hydrogens (tertiary/aromatic N) is 1. The van der Waals surface area contributed by atoms with E-state index in [4.69, 9.17) is 18.6 Å². The fraction of sp³-hybridized carbons (Fsp3) is 0.400. The molecule has 0 bridgehead atoms. The highest BCUT2D eigenvalue weighted by atomic mass is 16.7. The minimum Gasteiger partial charge on any atom is -0.462 e. The van der Waals surface area contributed by atoms with Crippen LogP contribution in [0.1, 0.15) is 35.3 Å². The van der Waals surface area contributed by atoms with Crippen LogP contribution in [0.3, 0.4) is 0 Å². The molecule has 0 unspecified atom stereocenters. The number of aromatic nitrogens is 1. The Morgan fingerprint density at radius 2 is 1.85 bits per heavy atom. The van der Waals surface area contributed by atoms with Crippen molar-refractivity contribution in [2.24, 2.45) is 0 Å². The van der Waals surface area contributed by atoms with Gasteiger partial charge in [-0.1, -0.05) is 0 Å². The molecule has 1 saturated heterocycles. The monoisotopic (exact) mass is 469 g/mol. The molecule has 1 aliphatic heterocycles. The molecule has 1 fully saturated rings. The van der Waals surface area contributed by atoms with E-state index in [-0.39, 0.29) is 17.8 Å². The van der Waals surface area contributed by atoms with Crippen LogP contribution in [0.25, 0.3) is 11.0 Å². The lowest BCUT2D eigenvalue weighted by molar-refractivity contribution is -0.306. The number of ketones is 1. The van der Waals surface area contributed by atoms with Crippen LogP contribution in [-0.4, -0.2) is 58.3 Å². The van der Waals surface area contributed by atoms with Crippen LogP contribution >= 0.6 is 0 Å². The first-order valence-corrected chi connectivity index (χ1v) is 10.9. The number of fused-ring (bicyclic) bond motifs is 1. The molecule has 0 saturated carbocycles. The molecule has 0 aliphatic carbocycles. The fourth-order valence-corrected chi connectivity index (χ4v) is 4.24. The highest BCUT2D eigenvalue weighted by Crippen LogP contribution is 2.34. The second kappa shape index (κ2) is 9.27. The molecule has 4 atom stereocenters. The van der Waals surface area contributed by atoms with E-state index < -0.39 is 35.8 Å². The molecule has 0 radical (unpaired) electrons. The Kier molecular flexibility index (Phi) is 6.55. The van der Waals surface area contributed by atoms with E-state index in [1.807, 2.05) is 0 Å². The molecule has 1 aliphatic rings. The lowest BCUT2D eigenvalue weighted by atomic mass is 9.89. The van der Waals surface area contributed by atoms with E-state index in [0.29, 0.717) is 27.8 Å². The Morgan fingerprint density at radius 1 is 1.15 bits per heavy atom. The number of carbonyl (C=O) groups excluding carboxylic acids is 1.